The van der Waals surface area contributed by atoms with Crippen LogP contribution in [0, 0.1) is 10.1 Å². The average molecular weight is 439 g/mol. The molecular weight excluding hydrogens is 424 g/mol. The fourth-order valence-electron chi connectivity index (χ4n) is 2.14. The van der Waals surface area contributed by atoms with Crippen LogP contribution in [-0.2, 0) is 9.53 Å². The predicted octanol–water partition coefficient (Wildman–Crippen LogP) is 3.17. The molecule has 0 spiro atoms. The predicted molar refractivity (Wildman–Crippen MR) is 99.3 cm³/mol. The monoisotopic (exact) mass is 438 g/mol. The van der Waals surface area contributed by atoms with Gasteiger partial charge in [0.15, 0.2) is 18.1 Å². The summed E-state index contributed by atoms with van der Waals surface area (Å²) in [5.74, 6) is -1.43. The van der Waals surface area contributed by atoms with Crippen LogP contribution in [0.2, 0.25) is 0 Å². The summed E-state index contributed by atoms with van der Waals surface area (Å²) < 4.78 is 15.6. The van der Waals surface area contributed by atoms with Crippen LogP contribution in [0.25, 0.3) is 0 Å². The Hall–Kier alpha value is -3.14. The summed E-state index contributed by atoms with van der Waals surface area (Å²) in [7, 11) is 2.63. The Labute approximate surface area is 162 Å². The van der Waals surface area contributed by atoms with Crippen LogP contribution in [-0.4, -0.2) is 37.6 Å². The highest BCUT2D eigenvalue weighted by Crippen LogP contribution is 2.34. The number of rotatable bonds is 7. The van der Waals surface area contributed by atoms with Gasteiger partial charge in [-0.05, 0) is 28.1 Å². The summed E-state index contributed by atoms with van der Waals surface area (Å²) in [6.07, 6.45) is 0. The topological polar surface area (TPSA) is 117 Å². The molecule has 0 unspecified atom stereocenters. The van der Waals surface area contributed by atoms with Crippen LogP contribution >= 0.6 is 15.9 Å². The van der Waals surface area contributed by atoms with Crippen molar-refractivity contribution < 1.29 is 28.7 Å². The summed E-state index contributed by atoms with van der Waals surface area (Å²) >= 11 is 3.27. The van der Waals surface area contributed by atoms with Gasteiger partial charge in [0.2, 0.25) is 0 Å². The maximum atomic E-state index is 12.2. The van der Waals surface area contributed by atoms with Crippen molar-refractivity contribution in [2.24, 2.45) is 0 Å². The number of nitro groups is 1. The number of halogens is 1. The number of carbonyl (C=O) groups is 2. The second kappa shape index (κ2) is 8.99. The van der Waals surface area contributed by atoms with E-state index in [0.29, 0.717) is 10.2 Å². The van der Waals surface area contributed by atoms with E-state index in [-0.39, 0.29) is 17.1 Å². The zero-order valence-corrected chi connectivity index (χ0v) is 15.9. The molecular formula is C17H15BrN2O7. The van der Waals surface area contributed by atoms with Gasteiger partial charge in [0.1, 0.15) is 5.56 Å². The Kier molecular flexibility index (Phi) is 6.72. The van der Waals surface area contributed by atoms with E-state index in [0.717, 1.165) is 12.1 Å². The number of anilines is 1. The first-order chi connectivity index (χ1) is 12.9. The Morgan fingerprint density at radius 3 is 2.37 bits per heavy atom. The third kappa shape index (κ3) is 4.94. The van der Waals surface area contributed by atoms with Crippen LogP contribution in [0.1, 0.15) is 10.4 Å². The Bertz CT molecular complexity index is 886. The number of nitrogens with zero attached hydrogens (tertiary/aromatic N) is 1. The van der Waals surface area contributed by atoms with E-state index in [1.165, 1.54) is 14.2 Å². The molecule has 0 aliphatic heterocycles. The van der Waals surface area contributed by atoms with Crippen molar-refractivity contribution in [1.82, 2.24) is 0 Å². The van der Waals surface area contributed by atoms with Gasteiger partial charge >= 0.3 is 5.97 Å². The van der Waals surface area contributed by atoms with E-state index in [4.69, 9.17) is 14.2 Å². The molecule has 0 fully saturated rings. The van der Waals surface area contributed by atoms with Crippen molar-refractivity contribution in [1.29, 1.82) is 0 Å². The van der Waals surface area contributed by atoms with Gasteiger partial charge in [0, 0.05) is 10.5 Å². The molecule has 2 aromatic carbocycles. The van der Waals surface area contributed by atoms with E-state index in [9.17, 15) is 19.7 Å². The first-order valence-corrected chi connectivity index (χ1v) is 8.28. The van der Waals surface area contributed by atoms with Gasteiger partial charge in [-0.25, -0.2) is 4.79 Å². The van der Waals surface area contributed by atoms with E-state index >= 15 is 0 Å². The number of nitrogens with one attached hydrogen (secondary N) is 1. The summed E-state index contributed by atoms with van der Waals surface area (Å²) in [6, 6.07) is 9.06. The number of hydrogen-bond acceptors (Lipinski definition) is 7. The molecule has 0 atom stereocenters. The average Bonchev–Trinajstić information content (AvgIpc) is 2.66. The molecule has 0 heterocycles. The normalized spacial score (nSPS) is 10.0. The molecule has 1 amide bonds. The van der Waals surface area contributed by atoms with E-state index < -0.39 is 29.1 Å². The zero-order chi connectivity index (χ0) is 20.0. The minimum Gasteiger partial charge on any atom is -0.493 e. The van der Waals surface area contributed by atoms with Gasteiger partial charge in [0.05, 0.1) is 30.9 Å². The highest BCUT2D eigenvalue weighted by molar-refractivity contribution is 9.10. The molecule has 0 saturated carbocycles. The van der Waals surface area contributed by atoms with Crippen molar-refractivity contribution in [2.45, 2.75) is 0 Å². The highest BCUT2D eigenvalue weighted by atomic mass is 79.9. The SMILES string of the molecule is COc1cc(C(=O)OCC(=O)Nc2ccccc2Br)c([N+](=O)[O-])cc1OC. The summed E-state index contributed by atoms with van der Waals surface area (Å²) in [4.78, 5) is 34.7. The summed E-state index contributed by atoms with van der Waals surface area (Å²) in [6.45, 7) is -0.619. The molecule has 2 aromatic rings. The summed E-state index contributed by atoms with van der Waals surface area (Å²) in [5, 5.41) is 13.8. The second-order valence-electron chi connectivity index (χ2n) is 5.09. The summed E-state index contributed by atoms with van der Waals surface area (Å²) in [5.41, 5.74) is -0.383. The highest BCUT2D eigenvalue weighted by Gasteiger charge is 2.26. The van der Waals surface area contributed by atoms with Crippen molar-refractivity contribution in [2.75, 3.05) is 26.1 Å². The van der Waals surface area contributed by atoms with E-state index in [2.05, 4.69) is 21.2 Å². The van der Waals surface area contributed by atoms with Crippen LogP contribution in [0.15, 0.2) is 40.9 Å². The minimum atomic E-state index is -1.04. The molecule has 0 aromatic heterocycles. The van der Waals surface area contributed by atoms with Crippen LogP contribution in [0.3, 0.4) is 0 Å². The van der Waals surface area contributed by atoms with Gasteiger partial charge < -0.3 is 19.5 Å². The lowest BCUT2D eigenvalue weighted by molar-refractivity contribution is -0.385. The van der Waals surface area contributed by atoms with Gasteiger partial charge in [-0.15, -0.1) is 0 Å². The molecule has 9 nitrogen and oxygen atoms in total. The first-order valence-electron chi connectivity index (χ1n) is 7.49. The minimum absolute atomic E-state index is 0.0902. The fourth-order valence-corrected chi connectivity index (χ4v) is 2.52. The maximum Gasteiger partial charge on any atom is 0.345 e. The molecule has 0 saturated heterocycles. The number of hydrogen-bond donors (Lipinski definition) is 1. The number of methoxy groups -OCH3 is 2. The number of para-hydroxylation sites is 1. The smallest absolute Gasteiger partial charge is 0.345 e. The number of ether oxygens (including phenoxy) is 3. The molecule has 0 aliphatic carbocycles. The second-order valence-corrected chi connectivity index (χ2v) is 5.94. The van der Waals surface area contributed by atoms with Gasteiger partial charge in [-0.1, -0.05) is 12.1 Å². The molecule has 2 rings (SSSR count). The van der Waals surface area contributed by atoms with Crippen molar-refractivity contribution in [3.05, 3.63) is 56.5 Å². The van der Waals surface area contributed by atoms with Crippen molar-refractivity contribution >= 4 is 39.2 Å². The number of nitro benzene ring substituents is 1. The van der Waals surface area contributed by atoms with Crippen LogP contribution in [0.4, 0.5) is 11.4 Å². The van der Waals surface area contributed by atoms with Crippen LogP contribution in [0.5, 0.6) is 11.5 Å². The lowest BCUT2D eigenvalue weighted by Crippen LogP contribution is -2.21. The Morgan fingerprint density at radius 2 is 1.78 bits per heavy atom. The van der Waals surface area contributed by atoms with Crippen LogP contribution < -0.4 is 14.8 Å². The molecule has 0 bridgehead atoms. The number of benzene rings is 2. The molecule has 0 radical (unpaired) electrons. The fraction of sp³-hybridized carbons (Fsp3) is 0.176. The molecule has 10 heteroatoms. The lowest BCUT2D eigenvalue weighted by Gasteiger charge is -2.11. The third-order valence-electron chi connectivity index (χ3n) is 3.40. The standard InChI is InChI=1S/C17H15BrN2O7/c1-25-14-7-10(13(20(23)24)8-15(14)26-2)17(22)27-9-16(21)19-12-6-4-3-5-11(12)18/h3-8H,9H2,1-2H3,(H,19,21). The van der Waals surface area contributed by atoms with Gasteiger partial charge in [-0.2, -0.15) is 0 Å². The van der Waals surface area contributed by atoms with Crippen molar-refractivity contribution in [3.8, 4) is 11.5 Å². The molecule has 0 aliphatic rings. The maximum absolute atomic E-state index is 12.2. The number of carbonyl (C=O) groups excluding carboxylic acids is 2. The number of esters is 1. The quantitative estimate of drug-likeness (QED) is 0.400. The van der Waals surface area contributed by atoms with E-state index in [1.807, 2.05) is 0 Å². The molecule has 142 valence electrons. The van der Waals surface area contributed by atoms with Crippen molar-refractivity contribution in [3.63, 3.8) is 0 Å². The zero-order valence-electron chi connectivity index (χ0n) is 14.4. The third-order valence-corrected chi connectivity index (χ3v) is 4.09. The molecule has 1 N–H and O–H groups in total. The Morgan fingerprint density at radius 1 is 1.15 bits per heavy atom. The van der Waals surface area contributed by atoms with E-state index in [1.54, 1.807) is 24.3 Å². The largest absolute Gasteiger partial charge is 0.493 e. The Balaban J connectivity index is 2.14. The first kappa shape index (κ1) is 20.2. The number of amides is 1. The van der Waals surface area contributed by atoms with Gasteiger partial charge in [0.25, 0.3) is 11.6 Å². The lowest BCUT2D eigenvalue weighted by atomic mass is 10.1. The van der Waals surface area contributed by atoms with Gasteiger partial charge in [-0.3, -0.25) is 14.9 Å². The molecule has 27 heavy (non-hydrogen) atoms.